The molecule has 1 aliphatic heterocycles. The summed E-state index contributed by atoms with van der Waals surface area (Å²) in [5.74, 6) is 0.0484. The molecule has 0 saturated carbocycles. The predicted octanol–water partition coefficient (Wildman–Crippen LogP) is 3.11. The fourth-order valence-electron chi connectivity index (χ4n) is 3.47. The third kappa shape index (κ3) is 3.32. The van der Waals surface area contributed by atoms with Crippen LogP contribution in [0.15, 0.2) is 54.9 Å². The van der Waals surface area contributed by atoms with Crippen molar-refractivity contribution in [3.63, 3.8) is 0 Å². The van der Waals surface area contributed by atoms with Crippen molar-refractivity contribution < 1.29 is 4.79 Å². The maximum atomic E-state index is 13.2. The van der Waals surface area contributed by atoms with Crippen LogP contribution in [-0.2, 0) is 6.42 Å². The fraction of sp³-hybridized carbons (Fsp3) is 0.300. The summed E-state index contributed by atoms with van der Waals surface area (Å²) in [7, 11) is 0. The first-order valence-electron chi connectivity index (χ1n) is 8.81. The summed E-state index contributed by atoms with van der Waals surface area (Å²) in [6.45, 7) is 4.44. The molecule has 2 aromatic heterocycles. The van der Waals surface area contributed by atoms with Gasteiger partial charge in [-0.05, 0) is 29.7 Å². The van der Waals surface area contributed by atoms with Crippen LogP contribution >= 0.6 is 12.4 Å². The summed E-state index contributed by atoms with van der Waals surface area (Å²) in [5.41, 5.74) is 4.01. The molecule has 3 heterocycles. The number of halogens is 1. The van der Waals surface area contributed by atoms with E-state index in [1.54, 1.807) is 10.7 Å². The second kappa shape index (κ2) is 7.89. The van der Waals surface area contributed by atoms with Crippen LogP contribution in [0.2, 0.25) is 0 Å². The standard InChI is InChI=1S/C20H22N4O.ClH/c1-2-15-6-8-16(9-7-15)19-14-21-10-12-23(19)20(25)17-13-22-24-11-4-3-5-18(17)24;/h3-9,11,13,19,21H,2,10,12,14H2,1H3;1H. The minimum atomic E-state index is 0. The van der Waals surface area contributed by atoms with Crippen molar-refractivity contribution in [1.29, 1.82) is 0 Å². The third-order valence-corrected chi connectivity index (χ3v) is 4.93. The topological polar surface area (TPSA) is 49.6 Å². The van der Waals surface area contributed by atoms with E-state index in [4.69, 9.17) is 0 Å². The van der Waals surface area contributed by atoms with E-state index < -0.39 is 0 Å². The lowest BCUT2D eigenvalue weighted by atomic mass is 10.00. The zero-order valence-corrected chi connectivity index (χ0v) is 15.6. The Labute approximate surface area is 159 Å². The molecule has 26 heavy (non-hydrogen) atoms. The van der Waals surface area contributed by atoms with Crippen LogP contribution < -0.4 is 5.32 Å². The van der Waals surface area contributed by atoms with E-state index in [0.29, 0.717) is 12.1 Å². The van der Waals surface area contributed by atoms with E-state index in [-0.39, 0.29) is 24.4 Å². The Morgan fingerprint density at radius 1 is 1.23 bits per heavy atom. The van der Waals surface area contributed by atoms with Crippen molar-refractivity contribution in [2.24, 2.45) is 0 Å². The van der Waals surface area contributed by atoms with E-state index in [1.807, 2.05) is 29.3 Å². The van der Waals surface area contributed by atoms with Crippen molar-refractivity contribution in [2.75, 3.05) is 19.6 Å². The van der Waals surface area contributed by atoms with Gasteiger partial charge in [-0.25, -0.2) is 4.52 Å². The Morgan fingerprint density at radius 3 is 2.81 bits per heavy atom. The Morgan fingerprint density at radius 2 is 2.04 bits per heavy atom. The second-order valence-corrected chi connectivity index (χ2v) is 6.40. The Kier molecular flexibility index (Phi) is 5.59. The number of carbonyl (C=O) groups excluding carboxylic acids is 1. The molecule has 1 fully saturated rings. The molecule has 0 aliphatic carbocycles. The van der Waals surface area contributed by atoms with Gasteiger partial charge in [0.15, 0.2) is 0 Å². The summed E-state index contributed by atoms with van der Waals surface area (Å²) >= 11 is 0. The number of aryl methyl sites for hydroxylation is 1. The first-order chi connectivity index (χ1) is 12.3. The van der Waals surface area contributed by atoms with Crippen LogP contribution in [0, 0.1) is 0 Å². The van der Waals surface area contributed by atoms with Gasteiger partial charge in [0.1, 0.15) is 0 Å². The molecule has 136 valence electrons. The Bertz CT molecular complexity index is 890. The van der Waals surface area contributed by atoms with Crippen LogP contribution in [-0.4, -0.2) is 40.1 Å². The maximum absolute atomic E-state index is 13.2. The second-order valence-electron chi connectivity index (χ2n) is 6.40. The van der Waals surface area contributed by atoms with Crippen molar-refractivity contribution in [2.45, 2.75) is 19.4 Å². The summed E-state index contributed by atoms with van der Waals surface area (Å²) in [6.07, 6.45) is 4.57. The van der Waals surface area contributed by atoms with Gasteiger partial charge in [-0.15, -0.1) is 12.4 Å². The van der Waals surface area contributed by atoms with Crippen molar-refractivity contribution >= 4 is 23.8 Å². The van der Waals surface area contributed by atoms with Gasteiger partial charge in [-0.1, -0.05) is 37.3 Å². The minimum Gasteiger partial charge on any atom is -0.329 e. The highest BCUT2D eigenvalue weighted by molar-refractivity contribution is 6.00. The zero-order chi connectivity index (χ0) is 17.2. The zero-order valence-electron chi connectivity index (χ0n) is 14.8. The SMILES string of the molecule is CCc1ccc(C2CNCCN2C(=O)c2cnn3ccccc23)cc1.Cl. The van der Waals surface area contributed by atoms with Crippen LogP contribution in [0.1, 0.15) is 34.5 Å². The van der Waals surface area contributed by atoms with E-state index in [1.165, 1.54) is 11.1 Å². The van der Waals surface area contributed by atoms with Crippen LogP contribution in [0.4, 0.5) is 0 Å². The first kappa shape index (κ1) is 18.4. The normalized spacial score (nSPS) is 17.1. The largest absolute Gasteiger partial charge is 0.329 e. The molecule has 0 spiro atoms. The third-order valence-electron chi connectivity index (χ3n) is 4.93. The number of fused-ring (bicyclic) bond motifs is 1. The lowest BCUT2D eigenvalue weighted by molar-refractivity contribution is 0.0636. The molecule has 1 aliphatic rings. The molecule has 5 nitrogen and oxygen atoms in total. The van der Waals surface area contributed by atoms with Gasteiger partial charge in [0.25, 0.3) is 5.91 Å². The predicted molar refractivity (Wildman–Crippen MR) is 105 cm³/mol. The number of aromatic nitrogens is 2. The van der Waals surface area contributed by atoms with Gasteiger partial charge >= 0.3 is 0 Å². The Balaban J connectivity index is 0.00000196. The number of pyridine rings is 1. The van der Waals surface area contributed by atoms with Crippen LogP contribution in [0.3, 0.4) is 0 Å². The summed E-state index contributed by atoms with van der Waals surface area (Å²) < 4.78 is 1.75. The number of carbonyl (C=O) groups is 1. The molecule has 6 heteroatoms. The van der Waals surface area contributed by atoms with E-state index in [0.717, 1.165) is 25.0 Å². The van der Waals surface area contributed by atoms with Crippen LogP contribution in [0.25, 0.3) is 5.52 Å². The number of piperazine rings is 1. The molecule has 1 saturated heterocycles. The molecule has 4 rings (SSSR count). The van der Waals surface area contributed by atoms with Crippen molar-refractivity contribution in [3.05, 3.63) is 71.5 Å². The smallest absolute Gasteiger partial charge is 0.258 e. The number of benzene rings is 1. The molecular formula is C20H23ClN4O. The molecule has 0 radical (unpaired) electrons. The maximum Gasteiger partial charge on any atom is 0.258 e. The lowest BCUT2D eigenvalue weighted by Gasteiger charge is -2.36. The molecular weight excluding hydrogens is 348 g/mol. The first-order valence-corrected chi connectivity index (χ1v) is 8.81. The number of nitrogens with zero attached hydrogens (tertiary/aromatic N) is 3. The number of hydrogen-bond donors (Lipinski definition) is 1. The number of hydrogen-bond acceptors (Lipinski definition) is 3. The highest BCUT2D eigenvalue weighted by atomic mass is 35.5. The quantitative estimate of drug-likeness (QED) is 0.770. The average Bonchev–Trinajstić information content (AvgIpc) is 3.12. The summed E-state index contributed by atoms with van der Waals surface area (Å²) in [4.78, 5) is 15.2. The molecule has 1 atom stereocenters. The van der Waals surface area contributed by atoms with Gasteiger partial charge in [-0.3, -0.25) is 4.79 Å². The summed E-state index contributed by atoms with van der Waals surface area (Å²) in [5, 5.41) is 7.72. The van der Waals surface area contributed by atoms with Gasteiger partial charge in [0, 0.05) is 25.8 Å². The van der Waals surface area contributed by atoms with Gasteiger partial charge < -0.3 is 10.2 Å². The monoisotopic (exact) mass is 370 g/mol. The van der Waals surface area contributed by atoms with Gasteiger partial charge in [0.2, 0.25) is 0 Å². The average molecular weight is 371 g/mol. The van der Waals surface area contributed by atoms with Crippen molar-refractivity contribution in [1.82, 2.24) is 19.8 Å². The number of rotatable bonds is 3. The minimum absolute atomic E-state index is 0. The molecule has 3 aromatic rings. The highest BCUT2D eigenvalue weighted by Gasteiger charge is 2.30. The molecule has 0 bridgehead atoms. The molecule has 1 N–H and O–H groups in total. The summed E-state index contributed by atoms with van der Waals surface area (Å²) in [6, 6.07) is 14.4. The van der Waals surface area contributed by atoms with E-state index in [2.05, 4.69) is 41.6 Å². The fourth-order valence-corrected chi connectivity index (χ4v) is 3.47. The molecule has 1 aromatic carbocycles. The molecule has 1 unspecified atom stereocenters. The Hall–Kier alpha value is -2.37. The number of amides is 1. The lowest BCUT2D eigenvalue weighted by Crippen LogP contribution is -2.48. The van der Waals surface area contributed by atoms with Crippen molar-refractivity contribution in [3.8, 4) is 0 Å². The van der Waals surface area contributed by atoms with E-state index >= 15 is 0 Å². The number of nitrogens with one attached hydrogen (secondary N) is 1. The van der Waals surface area contributed by atoms with Gasteiger partial charge in [-0.2, -0.15) is 5.10 Å². The van der Waals surface area contributed by atoms with E-state index in [9.17, 15) is 4.79 Å². The highest BCUT2D eigenvalue weighted by Crippen LogP contribution is 2.26. The van der Waals surface area contributed by atoms with Gasteiger partial charge in [0.05, 0.1) is 23.3 Å². The van der Waals surface area contributed by atoms with Crippen LogP contribution in [0.5, 0.6) is 0 Å². The molecule has 1 amide bonds.